The van der Waals surface area contributed by atoms with Gasteiger partial charge in [0, 0.05) is 13.1 Å². The number of nitrogens with one attached hydrogen (secondary N) is 1. The third kappa shape index (κ3) is 6.39. The number of benzene rings is 1. The molecule has 0 saturated heterocycles. The van der Waals surface area contributed by atoms with Crippen molar-refractivity contribution in [3.63, 3.8) is 0 Å². The van der Waals surface area contributed by atoms with Crippen LogP contribution in [-0.2, 0) is 17.9 Å². The van der Waals surface area contributed by atoms with Gasteiger partial charge in [0.15, 0.2) is 11.0 Å². The monoisotopic (exact) mass is 392 g/mol. The zero-order valence-corrected chi connectivity index (χ0v) is 16.6. The number of halogens is 1. The largest absolute Gasteiger partial charge is 0.486 e. The highest BCUT2D eigenvalue weighted by molar-refractivity contribution is 8.00. The zero-order chi connectivity index (χ0) is 19.8. The Morgan fingerprint density at radius 2 is 2.04 bits per heavy atom. The summed E-state index contributed by atoms with van der Waals surface area (Å²) < 4.78 is 20.5. The number of ether oxygens (including phenoxy) is 1. The van der Waals surface area contributed by atoms with Gasteiger partial charge in [-0.3, -0.25) is 9.36 Å². The van der Waals surface area contributed by atoms with Gasteiger partial charge in [0.25, 0.3) is 0 Å². The predicted molar refractivity (Wildman–Crippen MR) is 104 cm³/mol. The number of carbonyl (C=O) groups is 1. The number of hydrogen-bond acceptors (Lipinski definition) is 5. The molecule has 0 bridgehead atoms. The molecule has 1 N–H and O–H groups in total. The third-order valence-corrected chi connectivity index (χ3v) is 4.70. The van der Waals surface area contributed by atoms with Crippen molar-refractivity contribution in [3.05, 3.63) is 48.6 Å². The van der Waals surface area contributed by atoms with E-state index in [0.717, 1.165) is 0 Å². The molecule has 1 aromatic carbocycles. The lowest BCUT2D eigenvalue weighted by molar-refractivity contribution is -0.120. The molecule has 27 heavy (non-hydrogen) atoms. The average Bonchev–Trinajstić information content (AvgIpc) is 3.01. The smallest absolute Gasteiger partial charge is 0.233 e. The van der Waals surface area contributed by atoms with Gasteiger partial charge in [-0.1, -0.05) is 31.7 Å². The van der Waals surface area contributed by atoms with E-state index in [1.54, 1.807) is 18.2 Å². The van der Waals surface area contributed by atoms with Crippen molar-refractivity contribution in [1.82, 2.24) is 20.1 Å². The quantitative estimate of drug-likeness (QED) is 0.496. The van der Waals surface area contributed by atoms with Crippen molar-refractivity contribution in [3.8, 4) is 5.75 Å². The first-order valence-corrected chi connectivity index (χ1v) is 9.64. The van der Waals surface area contributed by atoms with E-state index in [1.807, 2.05) is 25.3 Å². The predicted octanol–water partition coefficient (Wildman–Crippen LogP) is 3.44. The molecule has 0 spiro atoms. The molecule has 6 nitrogen and oxygen atoms in total. The number of nitrogens with zero attached hydrogens (tertiary/aromatic N) is 3. The highest BCUT2D eigenvalue weighted by atomic mass is 32.2. The lowest BCUT2D eigenvalue weighted by Gasteiger charge is -2.14. The molecule has 0 radical (unpaired) electrons. The topological polar surface area (TPSA) is 69.0 Å². The number of aromatic nitrogens is 3. The second-order valence-electron chi connectivity index (χ2n) is 6.44. The average molecular weight is 393 g/mol. The molecule has 0 saturated carbocycles. The summed E-state index contributed by atoms with van der Waals surface area (Å²) >= 11 is 1.34. The number of hydrogen-bond donors (Lipinski definition) is 1. The van der Waals surface area contributed by atoms with Crippen LogP contribution in [0.1, 0.15) is 26.6 Å². The summed E-state index contributed by atoms with van der Waals surface area (Å²) in [6.07, 6.45) is 1.73. The van der Waals surface area contributed by atoms with Gasteiger partial charge < -0.3 is 10.1 Å². The Kier molecular flexibility index (Phi) is 7.84. The van der Waals surface area contributed by atoms with E-state index in [4.69, 9.17) is 4.74 Å². The van der Waals surface area contributed by atoms with Gasteiger partial charge in [-0.25, -0.2) is 4.39 Å². The zero-order valence-electron chi connectivity index (χ0n) is 15.8. The Balaban J connectivity index is 2.03. The van der Waals surface area contributed by atoms with Gasteiger partial charge in [0.1, 0.15) is 18.2 Å². The molecule has 8 heteroatoms. The van der Waals surface area contributed by atoms with E-state index in [2.05, 4.69) is 22.1 Å². The van der Waals surface area contributed by atoms with Crippen molar-refractivity contribution in [2.45, 2.75) is 44.3 Å². The Bertz CT molecular complexity index is 762. The molecule has 0 aliphatic carbocycles. The normalized spacial score (nSPS) is 12.0. The van der Waals surface area contributed by atoms with Gasteiger partial charge in [-0.05, 0) is 37.1 Å². The molecule has 1 aromatic heterocycles. The fourth-order valence-electron chi connectivity index (χ4n) is 2.16. The first-order valence-electron chi connectivity index (χ1n) is 8.76. The van der Waals surface area contributed by atoms with Gasteiger partial charge in [-0.2, -0.15) is 0 Å². The maximum atomic E-state index is 13.0. The standard InChI is InChI=1S/C19H25FN4O2S/c1-5-10-24-17(12-26-16-8-6-15(20)7-9-16)22-23-19(24)27-14(4)18(25)21-11-13(2)3/h5-9,13-14H,1,10-12H2,2-4H3,(H,21,25)/t14-/m0/s1. The summed E-state index contributed by atoms with van der Waals surface area (Å²) in [5, 5.41) is 11.6. The Morgan fingerprint density at radius 3 is 2.67 bits per heavy atom. The molecular weight excluding hydrogens is 367 g/mol. The molecule has 0 aliphatic rings. The van der Waals surface area contributed by atoms with Crippen molar-refractivity contribution in [2.75, 3.05) is 6.54 Å². The van der Waals surface area contributed by atoms with E-state index in [9.17, 15) is 9.18 Å². The summed E-state index contributed by atoms with van der Waals surface area (Å²) in [5.74, 6) is 1.19. The second kappa shape index (κ2) is 10.1. The molecule has 0 fully saturated rings. The van der Waals surface area contributed by atoms with Crippen LogP contribution in [0.3, 0.4) is 0 Å². The van der Waals surface area contributed by atoms with Crippen molar-refractivity contribution >= 4 is 17.7 Å². The van der Waals surface area contributed by atoms with E-state index in [-0.39, 0.29) is 23.6 Å². The minimum absolute atomic E-state index is 0.0361. The van der Waals surface area contributed by atoms with Crippen LogP contribution in [0.25, 0.3) is 0 Å². The second-order valence-corrected chi connectivity index (χ2v) is 7.75. The van der Waals surface area contributed by atoms with Crippen LogP contribution in [0.15, 0.2) is 42.1 Å². The van der Waals surface area contributed by atoms with Crippen LogP contribution >= 0.6 is 11.8 Å². The van der Waals surface area contributed by atoms with Crippen LogP contribution in [0.2, 0.25) is 0 Å². The van der Waals surface area contributed by atoms with E-state index < -0.39 is 0 Å². The van der Waals surface area contributed by atoms with Gasteiger partial charge in [0.2, 0.25) is 5.91 Å². The van der Waals surface area contributed by atoms with Crippen LogP contribution < -0.4 is 10.1 Å². The maximum Gasteiger partial charge on any atom is 0.233 e. The maximum absolute atomic E-state index is 13.0. The van der Waals surface area contributed by atoms with Gasteiger partial charge in [-0.15, -0.1) is 16.8 Å². The molecule has 2 rings (SSSR count). The molecule has 1 heterocycles. The number of allylic oxidation sites excluding steroid dienone is 1. The highest BCUT2D eigenvalue weighted by Crippen LogP contribution is 2.23. The van der Waals surface area contributed by atoms with Crippen LogP contribution in [0.5, 0.6) is 5.75 Å². The van der Waals surface area contributed by atoms with Crippen LogP contribution in [0.4, 0.5) is 4.39 Å². The molecule has 146 valence electrons. The lowest BCUT2D eigenvalue weighted by atomic mass is 10.2. The fraction of sp³-hybridized carbons (Fsp3) is 0.421. The summed E-state index contributed by atoms with van der Waals surface area (Å²) in [4.78, 5) is 12.2. The number of amides is 1. The van der Waals surface area contributed by atoms with Gasteiger partial charge in [0.05, 0.1) is 5.25 Å². The summed E-state index contributed by atoms with van der Waals surface area (Å²) in [6.45, 7) is 11.0. The summed E-state index contributed by atoms with van der Waals surface area (Å²) in [7, 11) is 0. The number of thioether (sulfide) groups is 1. The Hall–Kier alpha value is -2.35. The summed E-state index contributed by atoms with van der Waals surface area (Å²) in [5.41, 5.74) is 0. The van der Waals surface area contributed by atoms with Crippen molar-refractivity contribution in [1.29, 1.82) is 0 Å². The molecule has 2 aromatic rings. The third-order valence-electron chi connectivity index (χ3n) is 3.62. The number of rotatable bonds is 10. The van der Waals surface area contributed by atoms with Crippen LogP contribution in [-0.4, -0.2) is 32.5 Å². The molecule has 0 aliphatic heterocycles. The lowest BCUT2D eigenvalue weighted by Crippen LogP contribution is -2.33. The van der Waals surface area contributed by atoms with Crippen molar-refractivity contribution < 1.29 is 13.9 Å². The highest BCUT2D eigenvalue weighted by Gasteiger charge is 2.20. The molecule has 1 atom stereocenters. The van der Waals surface area contributed by atoms with E-state index >= 15 is 0 Å². The summed E-state index contributed by atoms with van der Waals surface area (Å²) in [6, 6.07) is 5.78. The SMILES string of the molecule is C=CCn1c(COc2ccc(F)cc2)nnc1S[C@@H](C)C(=O)NCC(C)C. The van der Waals surface area contributed by atoms with E-state index in [0.29, 0.717) is 35.7 Å². The van der Waals surface area contributed by atoms with Crippen LogP contribution in [0, 0.1) is 11.7 Å². The first-order chi connectivity index (χ1) is 12.9. The molecule has 0 unspecified atom stereocenters. The minimum Gasteiger partial charge on any atom is -0.486 e. The van der Waals surface area contributed by atoms with Crippen molar-refractivity contribution in [2.24, 2.45) is 5.92 Å². The Morgan fingerprint density at radius 1 is 1.33 bits per heavy atom. The fourth-order valence-corrected chi connectivity index (χ4v) is 3.07. The minimum atomic E-state index is -0.319. The molecular formula is C19H25FN4O2S. The first kappa shape index (κ1) is 21.0. The molecule has 1 amide bonds. The van der Waals surface area contributed by atoms with Gasteiger partial charge >= 0.3 is 0 Å². The van der Waals surface area contributed by atoms with E-state index in [1.165, 1.54) is 23.9 Å². The number of carbonyl (C=O) groups excluding carboxylic acids is 1. The Labute approximate surface area is 163 Å².